The Kier molecular flexibility index (Phi) is 4.06. The van der Waals surface area contributed by atoms with E-state index in [0.29, 0.717) is 6.54 Å². The molecule has 1 aliphatic heterocycles. The number of rotatable bonds is 4. The molecule has 2 aromatic rings. The largest absolute Gasteiger partial charge is 0.503 e. The monoisotopic (exact) mass is 284 g/mol. The van der Waals surface area contributed by atoms with Crippen LogP contribution in [-0.4, -0.2) is 27.7 Å². The van der Waals surface area contributed by atoms with E-state index in [0.717, 1.165) is 30.9 Å². The number of aromatic nitrogens is 1. The lowest BCUT2D eigenvalue weighted by Gasteiger charge is -2.19. The predicted molar refractivity (Wildman–Crippen MR) is 82.4 cm³/mol. The third-order valence-electron chi connectivity index (χ3n) is 3.98. The fourth-order valence-electron chi connectivity index (χ4n) is 2.84. The van der Waals surface area contributed by atoms with Crippen LogP contribution in [0.3, 0.4) is 0 Å². The maximum atomic E-state index is 11.7. The van der Waals surface area contributed by atoms with Gasteiger partial charge in [0.05, 0.1) is 6.20 Å². The summed E-state index contributed by atoms with van der Waals surface area (Å²) in [4.78, 5) is 14.1. The lowest BCUT2D eigenvalue weighted by atomic mass is 10.2. The van der Waals surface area contributed by atoms with Crippen LogP contribution in [0.15, 0.2) is 47.4 Å². The molecule has 1 saturated heterocycles. The van der Waals surface area contributed by atoms with Crippen molar-refractivity contribution in [1.29, 1.82) is 0 Å². The Labute approximate surface area is 124 Å². The summed E-state index contributed by atoms with van der Waals surface area (Å²) in [6.45, 7) is 3.60. The van der Waals surface area contributed by atoms with Gasteiger partial charge in [-0.2, -0.15) is 0 Å². The second-order valence-electron chi connectivity index (χ2n) is 5.61. The van der Waals surface area contributed by atoms with Gasteiger partial charge in [0, 0.05) is 24.8 Å². The van der Waals surface area contributed by atoms with Crippen molar-refractivity contribution in [3.63, 3.8) is 0 Å². The smallest absolute Gasteiger partial charge is 0.223 e. The third kappa shape index (κ3) is 3.34. The van der Waals surface area contributed by atoms with Crippen LogP contribution in [0.2, 0.25) is 0 Å². The Morgan fingerprint density at radius 2 is 1.76 bits per heavy atom. The van der Waals surface area contributed by atoms with E-state index in [-0.39, 0.29) is 11.2 Å². The first-order valence-electron chi connectivity index (χ1n) is 7.41. The van der Waals surface area contributed by atoms with Gasteiger partial charge in [-0.25, -0.2) is 0 Å². The summed E-state index contributed by atoms with van der Waals surface area (Å²) in [5.74, 6) is -0.184. The number of nitrogens with zero attached hydrogens (tertiary/aromatic N) is 2. The molecule has 3 rings (SSSR count). The minimum absolute atomic E-state index is 0.184. The summed E-state index contributed by atoms with van der Waals surface area (Å²) >= 11 is 0. The Hall–Kier alpha value is -2.07. The van der Waals surface area contributed by atoms with Crippen LogP contribution in [0.1, 0.15) is 24.1 Å². The van der Waals surface area contributed by atoms with Gasteiger partial charge in [0.25, 0.3) is 0 Å². The standard InChI is InChI=1S/C17H20N2O2/c20-16-10-15(12-18-8-4-5-9-18)19(13-17(16)21)11-14-6-2-1-3-7-14/h1-3,6-7,10,13,21H,4-5,8-9,11-12H2. The van der Waals surface area contributed by atoms with E-state index in [1.165, 1.54) is 12.8 Å². The zero-order valence-electron chi connectivity index (χ0n) is 12.0. The van der Waals surface area contributed by atoms with E-state index in [1.807, 2.05) is 22.8 Å². The van der Waals surface area contributed by atoms with Crippen LogP contribution >= 0.6 is 0 Å². The Morgan fingerprint density at radius 3 is 2.48 bits per heavy atom. The van der Waals surface area contributed by atoms with Crippen LogP contribution in [-0.2, 0) is 13.1 Å². The van der Waals surface area contributed by atoms with Crippen molar-refractivity contribution in [3.8, 4) is 5.75 Å². The Bertz CT molecular complexity index is 658. The van der Waals surface area contributed by atoms with Gasteiger partial charge >= 0.3 is 0 Å². The molecule has 21 heavy (non-hydrogen) atoms. The predicted octanol–water partition coefficient (Wildman–Crippen LogP) is 2.20. The second-order valence-corrected chi connectivity index (χ2v) is 5.61. The SMILES string of the molecule is O=c1cc(CN2CCCC2)n(Cc2ccccc2)cc1O. The quantitative estimate of drug-likeness (QED) is 0.936. The fraction of sp³-hybridized carbons (Fsp3) is 0.353. The highest BCUT2D eigenvalue weighted by Crippen LogP contribution is 2.15. The number of likely N-dealkylation sites (tertiary alicyclic amines) is 1. The molecule has 4 heteroatoms. The highest BCUT2D eigenvalue weighted by atomic mass is 16.3. The fourth-order valence-corrected chi connectivity index (χ4v) is 2.84. The summed E-state index contributed by atoms with van der Waals surface area (Å²) in [7, 11) is 0. The highest BCUT2D eigenvalue weighted by Gasteiger charge is 2.15. The lowest BCUT2D eigenvalue weighted by molar-refractivity contribution is 0.320. The number of aromatic hydroxyl groups is 1. The molecular weight excluding hydrogens is 264 g/mol. The van der Waals surface area contributed by atoms with Crippen LogP contribution in [0, 0.1) is 0 Å². The summed E-state index contributed by atoms with van der Waals surface area (Å²) in [6, 6.07) is 11.6. The van der Waals surface area contributed by atoms with Crippen molar-refractivity contribution in [3.05, 3.63) is 64.1 Å². The van der Waals surface area contributed by atoms with Crippen molar-refractivity contribution in [2.75, 3.05) is 13.1 Å². The molecule has 1 aliphatic rings. The average Bonchev–Trinajstić information content (AvgIpc) is 2.98. The van der Waals surface area contributed by atoms with Crippen LogP contribution in [0.5, 0.6) is 5.75 Å². The van der Waals surface area contributed by atoms with Gasteiger partial charge in [0.2, 0.25) is 5.43 Å². The topological polar surface area (TPSA) is 45.5 Å². The molecule has 4 nitrogen and oxygen atoms in total. The normalized spacial score (nSPS) is 15.4. The van der Waals surface area contributed by atoms with Gasteiger partial charge in [0.1, 0.15) is 0 Å². The highest BCUT2D eigenvalue weighted by molar-refractivity contribution is 5.23. The molecule has 0 amide bonds. The minimum Gasteiger partial charge on any atom is -0.503 e. The van der Waals surface area contributed by atoms with Crippen molar-refractivity contribution in [2.24, 2.45) is 0 Å². The molecule has 0 bridgehead atoms. The minimum atomic E-state index is -0.298. The van der Waals surface area contributed by atoms with Crippen molar-refractivity contribution in [2.45, 2.75) is 25.9 Å². The van der Waals surface area contributed by atoms with Gasteiger partial charge in [-0.15, -0.1) is 0 Å². The van der Waals surface area contributed by atoms with Gasteiger partial charge < -0.3 is 9.67 Å². The molecule has 1 fully saturated rings. The molecule has 110 valence electrons. The van der Waals surface area contributed by atoms with E-state index in [4.69, 9.17) is 0 Å². The first-order valence-corrected chi connectivity index (χ1v) is 7.41. The van der Waals surface area contributed by atoms with Crippen molar-refractivity contribution < 1.29 is 5.11 Å². The molecule has 0 spiro atoms. The molecule has 0 atom stereocenters. The van der Waals surface area contributed by atoms with Gasteiger partial charge in [-0.3, -0.25) is 9.69 Å². The molecule has 1 aromatic heterocycles. The van der Waals surface area contributed by atoms with Crippen LogP contribution < -0.4 is 5.43 Å². The first kappa shape index (κ1) is 13.9. The molecular formula is C17H20N2O2. The third-order valence-corrected chi connectivity index (χ3v) is 3.98. The lowest BCUT2D eigenvalue weighted by Crippen LogP contribution is -2.23. The number of pyridine rings is 1. The van der Waals surface area contributed by atoms with Crippen LogP contribution in [0.25, 0.3) is 0 Å². The Morgan fingerprint density at radius 1 is 1.05 bits per heavy atom. The Balaban J connectivity index is 1.89. The molecule has 0 radical (unpaired) electrons. The maximum Gasteiger partial charge on any atom is 0.223 e. The molecule has 2 heterocycles. The van der Waals surface area contributed by atoms with Crippen molar-refractivity contribution in [1.82, 2.24) is 9.47 Å². The summed E-state index contributed by atoms with van der Waals surface area (Å²) in [6.07, 6.45) is 4.00. The van der Waals surface area contributed by atoms with E-state index >= 15 is 0 Å². The van der Waals surface area contributed by atoms with Crippen molar-refractivity contribution >= 4 is 0 Å². The molecule has 0 saturated carbocycles. The number of hydrogen-bond acceptors (Lipinski definition) is 3. The summed E-state index contributed by atoms with van der Waals surface area (Å²) in [5.41, 5.74) is 1.82. The molecule has 1 aromatic carbocycles. The van der Waals surface area contributed by atoms with Gasteiger partial charge in [-0.1, -0.05) is 30.3 Å². The number of hydrogen-bond donors (Lipinski definition) is 1. The second kappa shape index (κ2) is 6.14. The van der Waals surface area contributed by atoms with Gasteiger partial charge in [-0.05, 0) is 31.5 Å². The summed E-state index contributed by atoms with van der Waals surface area (Å²) in [5, 5.41) is 9.72. The summed E-state index contributed by atoms with van der Waals surface area (Å²) < 4.78 is 1.98. The van der Waals surface area contributed by atoms with Crippen LogP contribution in [0.4, 0.5) is 0 Å². The van der Waals surface area contributed by atoms with E-state index in [9.17, 15) is 9.90 Å². The maximum absolute atomic E-state index is 11.7. The number of benzene rings is 1. The van der Waals surface area contributed by atoms with E-state index in [1.54, 1.807) is 12.3 Å². The van der Waals surface area contributed by atoms with Gasteiger partial charge in [0.15, 0.2) is 5.75 Å². The zero-order chi connectivity index (χ0) is 14.7. The zero-order valence-corrected chi connectivity index (χ0v) is 12.0. The molecule has 1 N–H and O–H groups in total. The average molecular weight is 284 g/mol. The first-order chi connectivity index (χ1) is 10.2. The van der Waals surface area contributed by atoms with E-state index in [2.05, 4.69) is 17.0 Å². The van der Waals surface area contributed by atoms with E-state index < -0.39 is 0 Å². The molecule has 0 aliphatic carbocycles. The molecule has 0 unspecified atom stereocenters.